The van der Waals surface area contributed by atoms with Gasteiger partial charge in [-0.15, -0.1) is 0 Å². The third-order valence-electron chi connectivity index (χ3n) is 4.80. The van der Waals surface area contributed by atoms with Crippen LogP contribution in [0.3, 0.4) is 0 Å². The summed E-state index contributed by atoms with van der Waals surface area (Å²) in [5.74, 6) is 0. The first-order valence-corrected chi connectivity index (χ1v) is 12.1. The molecule has 4 atom stereocenters. The number of ether oxygens (including phenoxy) is 2. The summed E-state index contributed by atoms with van der Waals surface area (Å²) in [6, 6.07) is 0.0949. The van der Waals surface area contributed by atoms with Crippen molar-refractivity contribution in [2.24, 2.45) is 0 Å². The van der Waals surface area contributed by atoms with Crippen molar-refractivity contribution in [3.63, 3.8) is 0 Å². The molecular weight excluding hydrogens is 366 g/mol. The molecule has 8 heteroatoms. The van der Waals surface area contributed by atoms with Gasteiger partial charge in [0.05, 0.1) is 24.9 Å². The third-order valence-corrected chi connectivity index (χ3v) is 5.94. The highest BCUT2D eigenvalue weighted by Gasteiger charge is 2.41. The minimum atomic E-state index is -4.33. The lowest BCUT2D eigenvalue weighted by Crippen LogP contribution is -2.32. The van der Waals surface area contributed by atoms with Gasteiger partial charge in [0.15, 0.2) is 6.71 Å². The topological polar surface area (TPSA) is 77.1 Å². The van der Waals surface area contributed by atoms with E-state index in [1.54, 1.807) is 13.8 Å². The maximum atomic E-state index is 11.9. The van der Waals surface area contributed by atoms with E-state index in [9.17, 15) is 9.46 Å². The second-order valence-electron chi connectivity index (χ2n) is 8.11. The van der Waals surface area contributed by atoms with Gasteiger partial charge in [-0.25, -0.2) is 0 Å². The van der Waals surface area contributed by atoms with Crippen molar-refractivity contribution >= 4 is 14.5 Å². The van der Waals surface area contributed by atoms with E-state index in [0.29, 0.717) is 6.71 Å². The van der Waals surface area contributed by atoms with E-state index in [-0.39, 0.29) is 30.9 Å². The molecule has 6 nitrogen and oxygen atoms in total. The molecule has 0 amide bonds. The summed E-state index contributed by atoms with van der Waals surface area (Å²) in [4.78, 5) is 11.9. The lowest BCUT2D eigenvalue weighted by Gasteiger charge is -2.28. The zero-order valence-corrected chi connectivity index (χ0v) is 18.9. The first-order valence-electron chi connectivity index (χ1n) is 10.6. The highest BCUT2D eigenvalue weighted by Crippen LogP contribution is 2.41. The van der Waals surface area contributed by atoms with Crippen LogP contribution in [0, 0.1) is 0 Å². The van der Waals surface area contributed by atoms with Crippen LogP contribution in [0.5, 0.6) is 0 Å². The molecule has 1 rings (SSSR count). The highest BCUT2D eigenvalue weighted by molar-refractivity contribution is 7.45. The van der Waals surface area contributed by atoms with Crippen molar-refractivity contribution in [3.05, 3.63) is 0 Å². The van der Waals surface area contributed by atoms with Crippen LogP contribution in [-0.4, -0.2) is 43.7 Å². The van der Waals surface area contributed by atoms with Crippen LogP contribution in [0.4, 0.5) is 0 Å². The third kappa shape index (κ3) is 9.91. The molecule has 1 aliphatic heterocycles. The summed E-state index contributed by atoms with van der Waals surface area (Å²) in [5, 5.41) is 0. The van der Waals surface area contributed by atoms with Crippen LogP contribution < -0.4 is 4.89 Å². The van der Waals surface area contributed by atoms with Crippen LogP contribution in [0.15, 0.2) is 0 Å². The summed E-state index contributed by atoms with van der Waals surface area (Å²) in [7, 11) is -4.33. The molecular formula is C19H39BO6P-. The zero-order chi connectivity index (χ0) is 20.4. The summed E-state index contributed by atoms with van der Waals surface area (Å²) >= 11 is 0. The predicted octanol–water partition coefficient (Wildman–Crippen LogP) is 4.48. The SMILES string of the molecule is CCCCB(CCCC)[C@H]1CC(OC(C)C)[C@@H](COP(=O)([O-])OC(C)C)O1. The minimum Gasteiger partial charge on any atom is -0.756 e. The van der Waals surface area contributed by atoms with E-state index < -0.39 is 13.9 Å². The van der Waals surface area contributed by atoms with Crippen molar-refractivity contribution in [1.29, 1.82) is 0 Å². The van der Waals surface area contributed by atoms with Crippen LogP contribution >= 0.6 is 7.82 Å². The first-order chi connectivity index (χ1) is 12.7. The van der Waals surface area contributed by atoms with Gasteiger partial charge in [-0.2, -0.15) is 0 Å². The van der Waals surface area contributed by atoms with Gasteiger partial charge in [-0.05, 0) is 34.1 Å². The molecule has 0 aromatic rings. The van der Waals surface area contributed by atoms with Crippen LogP contribution in [-0.2, 0) is 23.1 Å². The largest absolute Gasteiger partial charge is 0.756 e. The number of unbranched alkanes of at least 4 members (excludes halogenated alkanes) is 2. The quantitative estimate of drug-likeness (QED) is 0.313. The molecule has 27 heavy (non-hydrogen) atoms. The summed E-state index contributed by atoms with van der Waals surface area (Å²) in [6.07, 6.45) is 6.83. The van der Waals surface area contributed by atoms with E-state index in [1.165, 1.54) is 25.7 Å². The van der Waals surface area contributed by atoms with E-state index >= 15 is 0 Å². The Labute approximate surface area is 166 Å². The van der Waals surface area contributed by atoms with Crippen molar-refractivity contribution in [2.75, 3.05) is 6.61 Å². The molecule has 0 spiro atoms. The van der Waals surface area contributed by atoms with Crippen LogP contribution in [0.25, 0.3) is 0 Å². The molecule has 0 radical (unpaired) electrons. The fourth-order valence-corrected chi connectivity index (χ4v) is 4.50. The molecule has 0 aromatic carbocycles. The van der Waals surface area contributed by atoms with E-state index in [0.717, 1.165) is 19.1 Å². The molecule has 1 saturated heterocycles. The highest BCUT2D eigenvalue weighted by atomic mass is 31.2. The van der Waals surface area contributed by atoms with Gasteiger partial charge in [0, 0.05) is 6.00 Å². The Morgan fingerprint density at radius 2 is 1.70 bits per heavy atom. The molecule has 1 heterocycles. The lowest BCUT2D eigenvalue weighted by atomic mass is 9.39. The molecule has 1 aliphatic rings. The molecule has 160 valence electrons. The molecule has 0 saturated carbocycles. The second kappa shape index (κ2) is 12.6. The van der Waals surface area contributed by atoms with Gasteiger partial charge in [0.2, 0.25) is 0 Å². The normalized spacial score (nSPS) is 25.3. The number of phosphoric acid groups is 1. The smallest absolute Gasteiger partial charge is 0.268 e. The Hall–Kier alpha value is 0.0949. The summed E-state index contributed by atoms with van der Waals surface area (Å²) < 4.78 is 34.2. The van der Waals surface area contributed by atoms with Crippen LogP contribution in [0.2, 0.25) is 12.6 Å². The average molecular weight is 405 g/mol. The lowest BCUT2D eigenvalue weighted by molar-refractivity contribution is -0.231. The van der Waals surface area contributed by atoms with Gasteiger partial charge < -0.3 is 23.4 Å². The molecule has 0 aliphatic carbocycles. The summed E-state index contributed by atoms with van der Waals surface area (Å²) in [5.41, 5.74) is 0. The maximum Gasteiger partial charge on any atom is 0.268 e. The fraction of sp³-hybridized carbons (Fsp3) is 1.00. The zero-order valence-electron chi connectivity index (χ0n) is 18.0. The summed E-state index contributed by atoms with van der Waals surface area (Å²) in [6.45, 7) is 12.1. The van der Waals surface area contributed by atoms with E-state index in [4.69, 9.17) is 18.5 Å². The Kier molecular flexibility index (Phi) is 11.7. The maximum absolute atomic E-state index is 11.9. The van der Waals surface area contributed by atoms with E-state index in [1.807, 2.05) is 13.8 Å². The fourth-order valence-electron chi connectivity index (χ4n) is 3.59. The Bertz CT molecular complexity index is 440. The molecule has 0 aromatic heterocycles. The van der Waals surface area contributed by atoms with Crippen molar-refractivity contribution in [2.45, 2.75) is 117 Å². The molecule has 0 N–H and O–H groups in total. The Balaban J connectivity index is 2.74. The number of phosphoric ester groups is 1. The van der Waals surface area contributed by atoms with E-state index in [2.05, 4.69) is 13.8 Å². The molecule has 0 bridgehead atoms. The minimum absolute atomic E-state index is 0.0514. The monoisotopic (exact) mass is 405 g/mol. The first kappa shape index (κ1) is 25.1. The number of hydrogen-bond acceptors (Lipinski definition) is 6. The average Bonchev–Trinajstić information content (AvgIpc) is 2.94. The van der Waals surface area contributed by atoms with Gasteiger partial charge in [-0.3, -0.25) is 4.57 Å². The second-order valence-corrected chi connectivity index (χ2v) is 9.48. The number of hydrogen-bond donors (Lipinski definition) is 0. The van der Waals surface area contributed by atoms with Gasteiger partial charge >= 0.3 is 0 Å². The predicted molar refractivity (Wildman–Crippen MR) is 108 cm³/mol. The van der Waals surface area contributed by atoms with Crippen molar-refractivity contribution < 1.29 is 28.0 Å². The van der Waals surface area contributed by atoms with Gasteiger partial charge in [0.1, 0.15) is 6.10 Å². The Morgan fingerprint density at radius 1 is 1.11 bits per heavy atom. The Morgan fingerprint density at radius 3 is 2.19 bits per heavy atom. The van der Waals surface area contributed by atoms with Crippen molar-refractivity contribution in [3.8, 4) is 0 Å². The van der Waals surface area contributed by atoms with Crippen LogP contribution in [0.1, 0.15) is 73.6 Å². The van der Waals surface area contributed by atoms with Gasteiger partial charge in [-0.1, -0.05) is 52.2 Å². The van der Waals surface area contributed by atoms with Gasteiger partial charge in [0.25, 0.3) is 7.82 Å². The molecule has 1 fully saturated rings. The molecule has 2 unspecified atom stereocenters. The standard InChI is InChI=1S/C19H40BO6P/c1-7-9-11-20(12-10-8-2)19-13-17(24-15(3)4)18(25-19)14-23-27(21,22)26-16(5)6/h15-19H,7-14H2,1-6H3,(H,21,22)/p-1/t17?,18-,19-/m1/s1. The van der Waals surface area contributed by atoms with Crippen molar-refractivity contribution in [1.82, 2.24) is 0 Å². The number of rotatable bonds is 14.